The van der Waals surface area contributed by atoms with E-state index in [0.29, 0.717) is 17.8 Å². The average Bonchev–Trinajstić information content (AvgIpc) is 2.76. The Hall–Kier alpha value is -1.74. The Kier molecular flexibility index (Phi) is 3.54. The van der Waals surface area contributed by atoms with Crippen LogP contribution < -0.4 is 10.2 Å². The first-order valence-electron chi connectivity index (χ1n) is 7.09. The molecule has 2 bridgehead atoms. The molecule has 2 aliphatic heterocycles. The standard InChI is InChI=1S/C15H16F3N3/c16-15(17,18)14-4-3-13(7-10(14)8-19)21-6-5-11-1-2-12(9-21)20-11/h3-4,7,11-12,20H,1-2,5-6,9H2. The fourth-order valence-electron chi connectivity index (χ4n) is 3.25. The molecule has 2 saturated heterocycles. The number of hydrogen-bond acceptors (Lipinski definition) is 3. The van der Waals surface area contributed by atoms with Gasteiger partial charge in [0.15, 0.2) is 0 Å². The number of halogens is 3. The van der Waals surface area contributed by atoms with E-state index in [4.69, 9.17) is 5.26 Å². The number of hydrogen-bond donors (Lipinski definition) is 1. The van der Waals surface area contributed by atoms with Crippen LogP contribution in [0, 0.1) is 11.3 Å². The van der Waals surface area contributed by atoms with Crippen LogP contribution in [0.5, 0.6) is 0 Å². The van der Waals surface area contributed by atoms with E-state index in [0.717, 1.165) is 32.0 Å². The molecule has 0 radical (unpaired) electrons. The van der Waals surface area contributed by atoms with Crippen molar-refractivity contribution in [2.45, 2.75) is 37.5 Å². The Balaban J connectivity index is 1.88. The second kappa shape index (κ2) is 5.23. The van der Waals surface area contributed by atoms with Crippen molar-refractivity contribution in [1.82, 2.24) is 5.32 Å². The smallest absolute Gasteiger partial charge is 0.370 e. The van der Waals surface area contributed by atoms with E-state index >= 15 is 0 Å². The van der Waals surface area contributed by atoms with Gasteiger partial charge in [0.1, 0.15) is 0 Å². The molecule has 2 unspecified atom stereocenters. The van der Waals surface area contributed by atoms with E-state index in [9.17, 15) is 13.2 Å². The molecule has 21 heavy (non-hydrogen) atoms. The van der Waals surface area contributed by atoms with Crippen molar-refractivity contribution in [3.8, 4) is 6.07 Å². The third-order valence-electron chi connectivity index (χ3n) is 4.32. The number of rotatable bonds is 1. The van der Waals surface area contributed by atoms with Crippen molar-refractivity contribution in [1.29, 1.82) is 5.26 Å². The Bertz CT molecular complexity index is 577. The lowest BCUT2D eigenvalue weighted by Gasteiger charge is -2.27. The molecule has 2 heterocycles. The summed E-state index contributed by atoms with van der Waals surface area (Å²) in [6.45, 7) is 1.59. The fourth-order valence-corrected chi connectivity index (χ4v) is 3.25. The SMILES string of the molecule is N#Cc1cc(N2CCC3CCC(C2)N3)ccc1C(F)(F)F. The van der Waals surface area contributed by atoms with Gasteiger partial charge < -0.3 is 10.2 Å². The minimum absolute atomic E-state index is 0.303. The summed E-state index contributed by atoms with van der Waals surface area (Å²) >= 11 is 0. The van der Waals surface area contributed by atoms with Crippen LogP contribution in [0.15, 0.2) is 18.2 Å². The van der Waals surface area contributed by atoms with Gasteiger partial charge in [0.2, 0.25) is 0 Å². The number of fused-ring (bicyclic) bond motifs is 2. The van der Waals surface area contributed by atoms with Gasteiger partial charge >= 0.3 is 6.18 Å². The average molecular weight is 295 g/mol. The summed E-state index contributed by atoms with van der Waals surface area (Å²) in [6.07, 6.45) is -1.22. The molecule has 6 heteroatoms. The van der Waals surface area contributed by atoms with Crippen LogP contribution in [0.1, 0.15) is 30.4 Å². The molecule has 2 atom stereocenters. The highest BCUT2D eigenvalue weighted by Crippen LogP contribution is 2.34. The van der Waals surface area contributed by atoms with Gasteiger partial charge in [-0.1, -0.05) is 0 Å². The lowest BCUT2D eigenvalue weighted by Crippen LogP contribution is -2.35. The summed E-state index contributed by atoms with van der Waals surface area (Å²) in [5.41, 5.74) is -0.459. The number of nitriles is 1. The molecule has 0 amide bonds. The lowest BCUT2D eigenvalue weighted by molar-refractivity contribution is -0.137. The Labute approximate surface area is 121 Å². The van der Waals surface area contributed by atoms with Crippen molar-refractivity contribution in [2.24, 2.45) is 0 Å². The maximum atomic E-state index is 12.8. The molecule has 2 aliphatic rings. The molecule has 1 aromatic rings. The molecule has 1 N–H and O–H groups in total. The molecule has 2 fully saturated rings. The van der Waals surface area contributed by atoms with Crippen LogP contribution in [0.2, 0.25) is 0 Å². The first kappa shape index (κ1) is 14.2. The largest absolute Gasteiger partial charge is 0.417 e. The highest BCUT2D eigenvalue weighted by Gasteiger charge is 2.34. The highest BCUT2D eigenvalue weighted by molar-refractivity contribution is 5.55. The van der Waals surface area contributed by atoms with Crippen LogP contribution in [-0.2, 0) is 6.18 Å². The van der Waals surface area contributed by atoms with E-state index in [1.807, 2.05) is 0 Å². The zero-order valence-electron chi connectivity index (χ0n) is 11.5. The van der Waals surface area contributed by atoms with Crippen LogP contribution in [-0.4, -0.2) is 25.2 Å². The van der Waals surface area contributed by atoms with Crippen LogP contribution in [0.4, 0.5) is 18.9 Å². The van der Waals surface area contributed by atoms with Gasteiger partial charge in [-0.25, -0.2) is 0 Å². The van der Waals surface area contributed by atoms with E-state index in [2.05, 4.69) is 10.2 Å². The Morgan fingerprint density at radius 2 is 1.95 bits per heavy atom. The summed E-state index contributed by atoms with van der Waals surface area (Å²) in [6, 6.07) is 6.44. The first-order valence-corrected chi connectivity index (χ1v) is 7.09. The third kappa shape index (κ3) is 2.84. The van der Waals surface area contributed by atoms with Crippen LogP contribution in [0.3, 0.4) is 0 Å². The summed E-state index contributed by atoms with van der Waals surface area (Å²) in [5.74, 6) is 0. The fraction of sp³-hybridized carbons (Fsp3) is 0.533. The minimum atomic E-state index is -4.48. The van der Waals surface area contributed by atoms with Gasteiger partial charge in [-0.05, 0) is 37.5 Å². The highest BCUT2D eigenvalue weighted by atomic mass is 19.4. The Morgan fingerprint density at radius 1 is 1.19 bits per heavy atom. The van der Waals surface area contributed by atoms with Crippen LogP contribution >= 0.6 is 0 Å². The van der Waals surface area contributed by atoms with Crippen molar-refractivity contribution in [3.63, 3.8) is 0 Å². The predicted octanol–water partition coefficient (Wildman–Crippen LogP) is 2.91. The van der Waals surface area contributed by atoms with Gasteiger partial charge in [0.05, 0.1) is 17.2 Å². The number of nitrogens with one attached hydrogen (secondary N) is 1. The summed E-state index contributed by atoms with van der Waals surface area (Å²) in [7, 11) is 0. The summed E-state index contributed by atoms with van der Waals surface area (Å²) < 4.78 is 38.5. The quantitative estimate of drug-likeness (QED) is 0.866. The van der Waals surface area contributed by atoms with Crippen molar-refractivity contribution >= 4 is 5.69 Å². The molecule has 0 saturated carbocycles. The zero-order chi connectivity index (χ0) is 15.0. The van der Waals surface area contributed by atoms with Crippen molar-refractivity contribution < 1.29 is 13.2 Å². The van der Waals surface area contributed by atoms with Gasteiger partial charge in [0, 0.05) is 30.9 Å². The predicted molar refractivity (Wildman–Crippen MR) is 72.9 cm³/mol. The van der Waals surface area contributed by atoms with E-state index in [1.54, 1.807) is 6.07 Å². The second-order valence-electron chi connectivity index (χ2n) is 5.71. The third-order valence-corrected chi connectivity index (χ3v) is 4.32. The van der Waals surface area contributed by atoms with Crippen molar-refractivity contribution in [3.05, 3.63) is 29.3 Å². The lowest BCUT2D eigenvalue weighted by atomic mass is 10.0. The molecule has 3 rings (SSSR count). The maximum absolute atomic E-state index is 12.8. The minimum Gasteiger partial charge on any atom is -0.370 e. The second-order valence-corrected chi connectivity index (χ2v) is 5.71. The van der Waals surface area contributed by atoms with Gasteiger partial charge in [-0.2, -0.15) is 18.4 Å². The van der Waals surface area contributed by atoms with Crippen LogP contribution in [0.25, 0.3) is 0 Å². The van der Waals surface area contributed by atoms with E-state index < -0.39 is 11.7 Å². The maximum Gasteiger partial charge on any atom is 0.417 e. The topological polar surface area (TPSA) is 39.1 Å². The molecule has 0 aromatic heterocycles. The normalized spacial score (nSPS) is 25.5. The van der Waals surface area contributed by atoms with Crippen molar-refractivity contribution in [2.75, 3.05) is 18.0 Å². The summed E-state index contributed by atoms with van der Waals surface area (Å²) in [5, 5.41) is 12.5. The molecule has 3 nitrogen and oxygen atoms in total. The molecular formula is C15H16F3N3. The molecule has 112 valence electrons. The number of alkyl halides is 3. The first-order chi connectivity index (χ1) is 9.97. The monoisotopic (exact) mass is 295 g/mol. The van der Waals surface area contributed by atoms with Gasteiger partial charge in [-0.3, -0.25) is 0 Å². The Morgan fingerprint density at radius 3 is 2.67 bits per heavy atom. The molecule has 0 aliphatic carbocycles. The number of benzene rings is 1. The zero-order valence-corrected chi connectivity index (χ0v) is 11.5. The van der Waals surface area contributed by atoms with Gasteiger partial charge in [-0.15, -0.1) is 0 Å². The molecule has 1 aromatic carbocycles. The molecular weight excluding hydrogens is 279 g/mol. The number of nitrogens with zero attached hydrogens (tertiary/aromatic N) is 2. The number of anilines is 1. The molecule has 0 spiro atoms. The van der Waals surface area contributed by atoms with E-state index in [1.165, 1.54) is 18.6 Å². The van der Waals surface area contributed by atoms with Gasteiger partial charge in [0.25, 0.3) is 0 Å². The summed E-state index contributed by atoms with van der Waals surface area (Å²) in [4.78, 5) is 2.08. The van der Waals surface area contributed by atoms with E-state index in [-0.39, 0.29) is 5.56 Å².